The maximum atomic E-state index is 15.2. The van der Waals surface area contributed by atoms with Gasteiger partial charge in [-0.25, -0.2) is 8.78 Å². The van der Waals surface area contributed by atoms with Crippen LogP contribution in [0.4, 0.5) is 14.5 Å². The van der Waals surface area contributed by atoms with Crippen LogP contribution < -0.4 is 15.8 Å². The van der Waals surface area contributed by atoms with E-state index < -0.39 is 17.6 Å². The number of hydrogen-bond acceptors (Lipinski definition) is 5. The molecule has 0 bridgehead atoms. The quantitative estimate of drug-likeness (QED) is 0.266. The fraction of sp³-hybridized carbons (Fsp3) is 0.387. The maximum Gasteiger partial charge on any atom is 0.232 e. The molecule has 2 unspecified atom stereocenters. The lowest BCUT2D eigenvalue weighted by Gasteiger charge is -2.40. The van der Waals surface area contributed by atoms with Gasteiger partial charge in [-0.3, -0.25) is 9.78 Å². The molecule has 8 heteroatoms. The molecule has 2 fully saturated rings. The molecule has 1 aromatic carbocycles. The Balaban J connectivity index is 1.54. The van der Waals surface area contributed by atoms with Crippen LogP contribution in [0.1, 0.15) is 63.6 Å². The third kappa shape index (κ3) is 5.00. The second-order valence-corrected chi connectivity index (χ2v) is 11.1. The van der Waals surface area contributed by atoms with Gasteiger partial charge in [0, 0.05) is 40.4 Å². The number of nitrogens with one attached hydrogen (secondary N) is 2. The molecular weight excluding hydrogens is 498 g/mol. The van der Waals surface area contributed by atoms with E-state index in [0.717, 1.165) is 42.4 Å². The van der Waals surface area contributed by atoms with Gasteiger partial charge in [0.15, 0.2) is 5.82 Å². The molecule has 1 aliphatic heterocycles. The topological polar surface area (TPSA) is 101 Å². The SMILES string of the molecule is C=C(/C(=C\C)C(C(=O)Nc1cnc(C(C(C)=N)=C(C)N)c(F)c1)C1c2ccc(F)cc2OCC12CC2)C1CC1. The van der Waals surface area contributed by atoms with Crippen LogP contribution in [0.25, 0.3) is 5.57 Å². The van der Waals surface area contributed by atoms with Crippen molar-refractivity contribution in [3.8, 4) is 5.75 Å². The molecule has 2 heterocycles. The summed E-state index contributed by atoms with van der Waals surface area (Å²) in [4.78, 5) is 18.4. The predicted molar refractivity (Wildman–Crippen MR) is 148 cm³/mol. The Morgan fingerprint density at radius 1 is 1.28 bits per heavy atom. The third-order valence-corrected chi connectivity index (χ3v) is 8.20. The molecule has 2 aromatic rings. The number of rotatable bonds is 8. The van der Waals surface area contributed by atoms with E-state index in [4.69, 9.17) is 15.9 Å². The summed E-state index contributed by atoms with van der Waals surface area (Å²) in [6.45, 7) is 9.78. The highest BCUT2D eigenvalue weighted by Crippen LogP contribution is 2.64. The van der Waals surface area contributed by atoms with Crippen LogP contribution in [0.3, 0.4) is 0 Å². The van der Waals surface area contributed by atoms with Crippen molar-refractivity contribution in [2.75, 3.05) is 11.9 Å². The minimum Gasteiger partial charge on any atom is -0.493 e. The summed E-state index contributed by atoms with van der Waals surface area (Å²) < 4.78 is 35.3. The van der Waals surface area contributed by atoms with Crippen molar-refractivity contribution in [3.05, 3.63) is 82.9 Å². The van der Waals surface area contributed by atoms with Crippen molar-refractivity contribution in [2.45, 2.75) is 52.4 Å². The lowest BCUT2D eigenvalue weighted by molar-refractivity contribution is -0.120. The number of benzene rings is 1. The summed E-state index contributed by atoms with van der Waals surface area (Å²) in [5.74, 6) is -1.48. The van der Waals surface area contributed by atoms with Gasteiger partial charge in [-0.1, -0.05) is 18.7 Å². The number of carbonyl (C=O) groups excluding carboxylic acids is 1. The van der Waals surface area contributed by atoms with Crippen molar-refractivity contribution in [1.82, 2.24) is 4.98 Å². The van der Waals surface area contributed by atoms with Gasteiger partial charge in [0.2, 0.25) is 5.91 Å². The van der Waals surface area contributed by atoms with E-state index in [2.05, 4.69) is 16.9 Å². The summed E-state index contributed by atoms with van der Waals surface area (Å²) in [6, 6.07) is 5.71. The fourth-order valence-electron chi connectivity index (χ4n) is 5.95. The van der Waals surface area contributed by atoms with E-state index in [9.17, 15) is 9.18 Å². The van der Waals surface area contributed by atoms with E-state index in [-0.39, 0.29) is 45.6 Å². The number of carbonyl (C=O) groups is 1. The Labute approximate surface area is 227 Å². The first-order valence-corrected chi connectivity index (χ1v) is 13.3. The molecule has 5 rings (SSSR count). The highest BCUT2D eigenvalue weighted by atomic mass is 19.1. The van der Waals surface area contributed by atoms with Crippen LogP contribution in [0.15, 0.2) is 60.0 Å². The van der Waals surface area contributed by atoms with Gasteiger partial charge in [-0.05, 0) is 75.1 Å². The Morgan fingerprint density at radius 3 is 2.56 bits per heavy atom. The van der Waals surface area contributed by atoms with Crippen molar-refractivity contribution in [3.63, 3.8) is 0 Å². The predicted octanol–water partition coefficient (Wildman–Crippen LogP) is 6.51. The molecule has 1 amide bonds. The smallest absolute Gasteiger partial charge is 0.232 e. The van der Waals surface area contributed by atoms with E-state index in [1.54, 1.807) is 13.0 Å². The number of amides is 1. The van der Waals surface area contributed by atoms with Gasteiger partial charge in [-0.2, -0.15) is 0 Å². The molecule has 0 saturated heterocycles. The minimum absolute atomic E-state index is 0.0365. The van der Waals surface area contributed by atoms with E-state index in [0.29, 0.717) is 18.3 Å². The number of halogens is 2. The van der Waals surface area contributed by atoms with Gasteiger partial charge in [0.25, 0.3) is 0 Å². The van der Waals surface area contributed by atoms with Crippen LogP contribution in [-0.4, -0.2) is 23.2 Å². The summed E-state index contributed by atoms with van der Waals surface area (Å²) >= 11 is 0. The second kappa shape index (κ2) is 10.1. The molecule has 4 N–H and O–H groups in total. The summed E-state index contributed by atoms with van der Waals surface area (Å²) in [5.41, 5.74) is 9.01. The number of ether oxygens (including phenoxy) is 1. The number of hydrogen-bond donors (Lipinski definition) is 3. The van der Waals surface area contributed by atoms with Crippen LogP contribution in [0.5, 0.6) is 5.75 Å². The molecule has 1 spiro atoms. The zero-order chi connectivity index (χ0) is 28.1. The highest BCUT2D eigenvalue weighted by Gasteiger charge is 2.58. The summed E-state index contributed by atoms with van der Waals surface area (Å²) in [5, 5.41) is 10.9. The van der Waals surface area contributed by atoms with Gasteiger partial charge in [0.05, 0.1) is 24.4 Å². The van der Waals surface area contributed by atoms with Crippen molar-refractivity contribution in [1.29, 1.82) is 5.41 Å². The van der Waals surface area contributed by atoms with Crippen LogP contribution in [-0.2, 0) is 4.79 Å². The van der Waals surface area contributed by atoms with Crippen LogP contribution in [0, 0.1) is 34.3 Å². The van der Waals surface area contributed by atoms with Gasteiger partial charge < -0.3 is 21.2 Å². The van der Waals surface area contributed by atoms with Crippen molar-refractivity contribution in [2.24, 2.45) is 23.0 Å². The first-order valence-electron chi connectivity index (χ1n) is 13.3. The average molecular weight is 533 g/mol. The van der Waals surface area contributed by atoms with Gasteiger partial charge >= 0.3 is 0 Å². The fourth-order valence-corrected chi connectivity index (χ4v) is 5.95. The van der Waals surface area contributed by atoms with Gasteiger partial charge in [-0.15, -0.1) is 0 Å². The van der Waals surface area contributed by atoms with Crippen molar-refractivity contribution >= 4 is 22.9 Å². The second-order valence-electron chi connectivity index (χ2n) is 11.1. The number of nitrogens with zero attached hydrogens (tertiary/aromatic N) is 1. The summed E-state index contributed by atoms with van der Waals surface area (Å²) in [6.07, 6.45) is 7.19. The number of anilines is 1. The Morgan fingerprint density at radius 2 is 2.00 bits per heavy atom. The maximum absolute atomic E-state index is 15.2. The molecule has 2 saturated carbocycles. The molecule has 2 aliphatic carbocycles. The number of allylic oxidation sites excluding steroid dienone is 4. The normalized spacial score (nSPS) is 20.8. The largest absolute Gasteiger partial charge is 0.493 e. The standard InChI is InChI=1S/C31H34F2N4O2/c1-5-22(16(2)19-6-7-19)27(28-23-9-8-20(32)12-25(23)39-15-31(28)10-11-31)30(38)37-21-13-24(33)29(36-14-21)26(17(3)34)18(4)35/h5,8-9,12-14,19,27-28,34H,2,6-7,10-11,15,35H2,1,3-4H3,(H,37,38)/b22-5+,26-18?,34-17?. The highest BCUT2D eigenvalue weighted by molar-refractivity contribution is 6.21. The van der Waals surface area contributed by atoms with Crippen molar-refractivity contribution < 1.29 is 18.3 Å². The van der Waals surface area contributed by atoms with Crippen LogP contribution >= 0.6 is 0 Å². The number of pyridine rings is 1. The molecule has 2 atom stereocenters. The lowest BCUT2D eigenvalue weighted by Crippen LogP contribution is -2.39. The number of aromatic nitrogens is 1. The first-order chi connectivity index (χ1) is 18.6. The Hall–Kier alpha value is -3.81. The zero-order valence-corrected chi connectivity index (χ0v) is 22.5. The van der Waals surface area contributed by atoms with E-state index >= 15 is 4.39 Å². The lowest BCUT2D eigenvalue weighted by atomic mass is 9.68. The van der Waals surface area contributed by atoms with E-state index in [1.165, 1.54) is 31.3 Å². The summed E-state index contributed by atoms with van der Waals surface area (Å²) in [7, 11) is 0. The molecule has 39 heavy (non-hydrogen) atoms. The number of fused-ring (bicyclic) bond motifs is 1. The Bertz CT molecular complexity index is 1430. The molecular formula is C31H34F2N4O2. The molecule has 0 radical (unpaired) electrons. The van der Waals surface area contributed by atoms with Crippen LogP contribution in [0.2, 0.25) is 0 Å². The molecule has 6 nitrogen and oxygen atoms in total. The third-order valence-electron chi connectivity index (χ3n) is 8.20. The molecule has 3 aliphatic rings. The molecule has 204 valence electrons. The average Bonchev–Trinajstić information content (AvgIpc) is 3.80. The number of nitrogens with two attached hydrogens (primary N) is 1. The van der Waals surface area contributed by atoms with E-state index in [1.807, 2.05) is 13.0 Å². The molecule has 1 aromatic heterocycles. The Kier molecular flexibility index (Phi) is 6.91. The first kappa shape index (κ1) is 26.8. The van der Waals surface area contributed by atoms with Gasteiger partial charge in [0.1, 0.15) is 17.3 Å². The minimum atomic E-state index is -0.685. The zero-order valence-electron chi connectivity index (χ0n) is 22.5. The monoisotopic (exact) mass is 532 g/mol.